The van der Waals surface area contributed by atoms with Gasteiger partial charge in [-0.25, -0.2) is 4.98 Å². The molecule has 0 saturated heterocycles. The van der Waals surface area contributed by atoms with E-state index in [0.29, 0.717) is 12.6 Å². The van der Waals surface area contributed by atoms with Crippen LogP contribution in [0, 0.1) is 13.8 Å². The minimum absolute atomic E-state index is 0.583. The number of benzene rings is 1. The van der Waals surface area contributed by atoms with Crippen molar-refractivity contribution in [2.75, 3.05) is 30.9 Å². The number of rotatable bonds is 6. The molecule has 20 heavy (non-hydrogen) atoms. The number of ether oxygens (including phenoxy) is 1. The van der Waals surface area contributed by atoms with Gasteiger partial charge in [-0.15, -0.1) is 0 Å². The fraction of sp³-hybridized carbons (Fsp3) is 0.333. The zero-order valence-corrected chi connectivity index (χ0v) is 12.1. The first kappa shape index (κ1) is 14.3. The summed E-state index contributed by atoms with van der Waals surface area (Å²) in [5.41, 5.74) is 3.43. The van der Waals surface area contributed by atoms with Crippen LogP contribution in [0.25, 0.3) is 0 Å². The van der Waals surface area contributed by atoms with Crippen molar-refractivity contribution in [2.45, 2.75) is 13.8 Å². The van der Waals surface area contributed by atoms with E-state index >= 15 is 0 Å². The summed E-state index contributed by atoms with van der Waals surface area (Å²) in [5, 5.41) is 6.42. The molecule has 0 aliphatic rings. The van der Waals surface area contributed by atoms with Gasteiger partial charge in [0.2, 0.25) is 5.95 Å². The highest BCUT2D eigenvalue weighted by Crippen LogP contribution is 2.19. The van der Waals surface area contributed by atoms with Gasteiger partial charge in [0.25, 0.3) is 0 Å². The second-order valence-electron chi connectivity index (χ2n) is 4.63. The third kappa shape index (κ3) is 3.93. The fourth-order valence-corrected chi connectivity index (χ4v) is 1.87. The van der Waals surface area contributed by atoms with Gasteiger partial charge in [-0.2, -0.15) is 4.98 Å². The number of aromatic nitrogens is 2. The van der Waals surface area contributed by atoms with E-state index < -0.39 is 0 Å². The molecule has 0 unspecified atom stereocenters. The quantitative estimate of drug-likeness (QED) is 0.792. The number of hydrogen-bond donors (Lipinski definition) is 2. The van der Waals surface area contributed by atoms with E-state index in [-0.39, 0.29) is 0 Å². The second kappa shape index (κ2) is 6.86. The molecule has 2 aromatic rings. The van der Waals surface area contributed by atoms with Crippen LogP contribution >= 0.6 is 0 Å². The summed E-state index contributed by atoms with van der Waals surface area (Å²) >= 11 is 0. The molecule has 0 amide bonds. The standard InChI is InChI=1S/C15H20N4O/c1-11-4-5-13(12(2)10-11)18-15-17-7-6-14(19-15)16-8-9-20-3/h4-7,10H,8-9H2,1-3H3,(H2,16,17,18,19). The molecule has 2 rings (SSSR count). The Morgan fingerprint density at radius 1 is 1.20 bits per heavy atom. The summed E-state index contributed by atoms with van der Waals surface area (Å²) in [4.78, 5) is 8.65. The maximum Gasteiger partial charge on any atom is 0.229 e. The predicted molar refractivity (Wildman–Crippen MR) is 81.6 cm³/mol. The Labute approximate surface area is 119 Å². The molecule has 5 heteroatoms. The number of methoxy groups -OCH3 is 1. The highest BCUT2D eigenvalue weighted by atomic mass is 16.5. The number of aryl methyl sites for hydroxylation is 2. The highest BCUT2D eigenvalue weighted by Gasteiger charge is 2.02. The van der Waals surface area contributed by atoms with Gasteiger partial charge >= 0.3 is 0 Å². The molecule has 1 heterocycles. The van der Waals surface area contributed by atoms with Crippen molar-refractivity contribution < 1.29 is 4.74 Å². The Morgan fingerprint density at radius 2 is 2.05 bits per heavy atom. The first-order valence-electron chi connectivity index (χ1n) is 6.59. The predicted octanol–water partition coefficient (Wildman–Crippen LogP) is 2.90. The lowest BCUT2D eigenvalue weighted by Gasteiger charge is -2.10. The number of anilines is 3. The summed E-state index contributed by atoms with van der Waals surface area (Å²) in [5.74, 6) is 1.36. The van der Waals surface area contributed by atoms with Crippen LogP contribution in [0.1, 0.15) is 11.1 Å². The largest absolute Gasteiger partial charge is 0.383 e. The summed E-state index contributed by atoms with van der Waals surface area (Å²) in [6.07, 6.45) is 1.73. The molecule has 0 spiro atoms. The molecule has 0 radical (unpaired) electrons. The Bertz CT molecular complexity index is 572. The van der Waals surface area contributed by atoms with Crippen molar-refractivity contribution in [1.29, 1.82) is 0 Å². The molecule has 0 bridgehead atoms. The van der Waals surface area contributed by atoms with Gasteiger partial charge in [-0.05, 0) is 31.5 Å². The molecule has 5 nitrogen and oxygen atoms in total. The van der Waals surface area contributed by atoms with E-state index in [9.17, 15) is 0 Å². The third-order valence-electron chi connectivity index (χ3n) is 2.90. The van der Waals surface area contributed by atoms with Gasteiger partial charge in [0.1, 0.15) is 5.82 Å². The molecule has 1 aromatic carbocycles. The molecule has 2 N–H and O–H groups in total. The monoisotopic (exact) mass is 272 g/mol. The van der Waals surface area contributed by atoms with Crippen molar-refractivity contribution in [1.82, 2.24) is 9.97 Å². The molecule has 106 valence electrons. The second-order valence-corrected chi connectivity index (χ2v) is 4.63. The highest BCUT2D eigenvalue weighted by molar-refractivity contribution is 5.59. The average molecular weight is 272 g/mol. The molecule has 0 atom stereocenters. The molecule has 0 fully saturated rings. The zero-order chi connectivity index (χ0) is 14.4. The minimum Gasteiger partial charge on any atom is -0.383 e. The first-order valence-corrected chi connectivity index (χ1v) is 6.59. The van der Waals surface area contributed by atoms with Gasteiger partial charge < -0.3 is 15.4 Å². The Balaban J connectivity index is 2.07. The van der Waals surface area contributed by atoms with Crippen LogP contribution in [0.15, 0.2) is 30.5 Å². The Kier molecular flexibility index (Phi) is 4.90. The van der Waals surface area contributed by atoms with Gasteiger partial charge in [0.05, 0.1) is 6.61 Å². The number of nitrogens with zero attached hydrogens (tertiary/aromatic N) is 2. The zero-order valence-electron chi connectivity index (χ0n) is 12.1. The Hall–Kier alpha value is -2.14. The van der Waals surface area contributed by atoms with Crippen molar-refractivity contribution in [2.24, 2.45) is 0 Å². The van der Waals surface area contributed by atoms with Crippen LogP contribution in [0.2, 0.25) is 0 Å². The fourth-order valence-electron chi connectivity index (χ4n) is 1.87. The smallest absolute Gasteiger partial charge is 0.229 e. The first-order chi connectivity index (χ1) is 9.69. The maximum atomic E-state index is 4.99. The van der Waals surface area contributed by atoms with Crippen molar-refractivity contribution >= 4 is 17.5 Å². The SMILES string of the molecule is COCCNc1ccnc(Nc2ccc(C)cc2C)n1. The molecule has 0 aliphatic heterocycles. The minimum atomic E-state index is 0.583. The summed E-state index contributed by atoms with van der Waals surface area (Å²) < 4.78 is 4.99. The lowest BCUT2D eigenvalue weighted by molar-refractivity contribution is 0.210. The molecule has 0 saturated carbocycles. The van der Waals surface area contributed by atoms with Crippen LogP contribution in [0.5, 0.6) is 0 Å². The lowest BCUT2D eigenvalue weighted by atomic mass is 10.1. The van der Waals surface area contributed by atoms with Crippen molar-refractivity contribution in [3.8, 4) is 0 Å². The Morgan fingerprint density at radius 3 is 2.80 bits per heavy atom. The maximum absolute atomic E-state index is 4.99. The molecule has 0 aliphatic carbocycles. The van der Waals surface area contributed by atoms with Gasteiger partial charge in [-0.3, -0.25) is 0 Å². The molecule has 1 aromatic heterocycles. The van der Waals surface area contributed by atoms with E-state index in [1.165, 1.54) is 11.1 Å². The van der Waals surface area contributed by atoms with Crippen LogP contribution in [0.3, 0.4) is 0 Å². The van der Waals surface area contributed by atoms with Crippen molar-refractivity contribution in [3.63, 3.8) is 0 Å². The van der Waals surface area contributed by atoms with Crippen LogP contribution in [0.4, 0.5) is 17.5 Å². The molecular weight excluding hydrogens is 252 g/mol. The van der Waals surface area contributed by atoms with E-state index in [0.717, 1.165) is 18.1 Å². The van der Waals surface area contributed by atoms with E-state index in [2.05, 4.69) is 46.6 Å². The van der Waals surface area contributed by atoms with Crippen LogP contribution in [-0.2, 0) is 4.74 Å². The lowest BCUT2D eigenvalue weighted by Crippen LogP contribution is -2.09. The third-order valence-corrected chi connectivity index (χ3v) is 2.90. The topological polar surface area (TPSA) is 59.1 Å². The van der Waals surface area contributed by atoms with E-state index in [4.69, 9.17) is 4.74 Å². The average Bonchev–Trinajstić information content (AvgIpc) is 2.43. The summed E-state index contributed by atoms with van der Waals surface area (Å²) in [7, 11) is 1.68. The van der Waals surface area contributed by atoms with Crippen LogP contribution in [-0.4, -0.2) is 30.2 Å². The molecular formula is C15H20N4O. The van der Waals surface area contributed by atoms with E-state index in [1.807, 2.05) is 12.1 Å². The number of hydrogen-bond acceptors (Lipinski definition) is 5. The van der Waals surface area contributed by atoms with E-state index in [1.54, 1.807) is 13.3 Å². The van der Waals surface area contributed by atoms with Gasteiger partial charge in [0, 0.05) is 25.5 Å². The van der Waals surface area contributed by atoms with Gasteiger partial charge in [0.15, 0.2) is 0 Å². The summed E-state index contributed by atoms with van der Waals surface area (Å²) in [6, 6.07) is 8.07. The van der Waals surface area contributed by atoms with Crippen molar-refractivity contribution in [3.05, 3.63) is 41.6 Å². The van der Waals surface area contributed by atoms with Crippen LogP contribution < -0.4 is 10.6 Å². The van der Waals surface area contributed by atoms with Gasteiger partial charge in [-0.1, -0.05) is 17.7 Å². The summed E-state index contributed by atoms with van der Waals surface area (Å²) in [6.45, 7) is 5.50. The number of nitrogens with one attached hydrogen (secondary N) is 2. The normalized spacial score (nSPS) is 10.3.